The highest BCUT2D eigenvalue weighted by Crippen LogP contribution is 2.20. The molecule has 0 aromatic heterocycles. The van der Waals surface area contributed by atoms with Crippen molar-refractivity contribution in [2.24, 2.45) is 0 Å². The Morgan fingerprint density at radius 2 is 1.76 bits per heavy atom. The SMILES string of the molecule is CC(C)NC(=O)C(C)NCc1ccc(N2CCCC2)cc1. The molecule has 1 fully saturated rings. The first kappa shape index (κ1) is 15.8. The fourth-order valence-corrected chi connectivity index (χ4v) is 2.57. The van der Waals surface area contributed by atoms with E-state index in [1.807, 2.05) is 20.8 Å². The highest BCUT2D eigenvalue weighted by Gasteiger charge is 2.14. The summed E-state index contributed by atoms with van der Waals surface area (Å²) >= 11 is 0. The van der Waals surface area contributed by atoms with Gasteiger partial charge in [-0.25, -0.2) is 0 Å². The number of anilines is 1. The van der Waals surface area contributed by atoms with E-state index in [9.17, 15) is 4.79 Å². The van der Waals surface area contributed by atoms with Crippen LogP contribution in [0.2, 0.25) is 0 Å². The molecule has 0 bridgehead atoms. The van der Waals surface area contributed by atoms with Gasteiger partial charge in [-0.15, -0.1) is 0 Å². The maximum Gasteiger partial charge on any atom is 0.237 e. The van der Waals surface area contributed by atoms with Crippen molar-refractivity contribution >= 4 is 11.6 Å². The van der Waals surface area contributed by atoms with E-state index in [-0.39, 0.29) is 18.0 Å². The minimum absolute atomic E-state index is 0.0543. The van der Waals surface area contributed by atoms with Gasteiger partial charge >= 0.3 is 0 Å². The number of benzene rings is 1. The van der Waals surface area contributed by atoms with Gasteiger partial charge in [-0.2, -0.15) is 0 Å². The smallest absolute Gasteiger partial charge is 0.237 e. The van der Waals surface area contributed by atoms with Gasteiger partial charge in [-0.05, 0) is 51.3 Å². The molecule has 0 aliphatic carbocycles. The van der Waals surface area contributed by atoms with Crippen LogP contribution in [0.25, 0.3) is 0 Å². The lowest BCUT2D eigenvalue weighted by Crippen LogP contribution is -2.44. The van der Waals surface area contributed by atoms with Crippen LogP contribution in [0.15, 0.2) is 24.3 Å². The van der Waals surface area contributed by atoms with Gasteiger partial charge in [0.05, 0.1) is 6.04 Å². The third-order valence-corrected chi connectivity index (χ3v) is 3.84. The lowest BCUT2D eigenvalue weighted by atomic mass is 10.2. The standard InChI is InChI=1S/C17H27N3O/c1-13(2)19-17(21)14(3)18-12-15-6-8-16(9-7-15)20-10-4-5-11-20/h6-9,13-14,18H,4-5,10-12H2,1-3H3,(H,19,21). The second-order valence-corrected chi connectivity index (χ2v) is 6.13. The third kappa shape index (κ3) is 4.74. The summed E-state index contributed by atoms with van der Waals surface area (Å²) in [5.41, 5.74) is 2.52. The summed E-state index contributed by atoms with van der Waals surface area (Å²) in [4.78, 5) is 14.2. The molecule has 1 aromatic carbocycles. The van der Waals surface area contributed by atoms with E-state index in [0.29, 0.717) is 6.54 Å². The van der Waals surface area contributed by atoms with Gasteiger partial charge in [0.15, 0.2) is 0 Å². The van der Waals surface area contributed by atoms with E-state index in [1.54, 1.807) is 0 Å². The Hall–Kier alpha value is -1.55. The van der Waals surface area contributed by atoms with E-state index in [0.717, 1.165) is 0 Å². The van der Waals surface area contributed by atoms with Crippen molar-refractivity contribution in [1.82, 2.24) is 10.6 Å². The Morgan fingerprint density at radius 1 is 1.14 bits per heavy atom. The molecule has 1 amide bonds. The summed E-state index contributed by atoms with van der Waals surface area (Å²) in [6.45, 7) is 8.90. The number of nitrogens with zero attached hydrogens (tertiary/aromatic N) is 1. The maximum atomic E-state index is 11.8. The minimum Gasteiger partial charge on any atom is -0.372 e. The van der Waals surface area contributed by atoms with Crippen LogP contribution in [0.3, 0.4) is 0 Å². The highest BCUT2D eigenvalue weighted by molar-refractivity contribution is 5.81. The quantitative estimate of drug-likeness (QED) is 0.844. The van der Waals surface area contributed by atoms with Gasteiger partial charge in [-0.1, -0.05) is 12.1 Å². The molecule has 21 heavy (non-hydrogen) atoms. The molecule has 116 valence electrons. The molecule has 2 rings (SSSR count). The van der Waals surface area contributed by atoms with Crippen LogP contribution in [0, 0.1) is 0 Å². The molecule has 4 nitrogen and oxygen atoms in total. The Kier molecular flexibility index (Phi) is 5.62. The van der Waals surface area contributed by atoms with Crippen molar-refractivity contribution in [1.29, 1.82) is 0 Å². The summed E-state index contributed by atoms with van der Waals surface area (Å²) < 4.78 is 0. The van der Waals surface area contributed by atoms with E-state index in [4.69, 9.17) is 0 Å². The second kappa shape index (κ2) is 7.46. The zero-order valence-electron chi connectivity index (χ0n) is 13.4. The topological polar surface area (TPSA) is 44.4 Å². The van der Waals surface area contributed by atoms with Crippen LogP contribution in [0.5, 0.6) is 0 Å². The van der Waals surface area contributed by atoms with E-state index in [1.165, 1.54) is 37.2 Å². The number of nitrogens with one attached hydrogen (secondary N) is 2. The normalized spacial score (nSPS) is 16.3. The summed E-state index contributed by atoms with van der Waals surface area (Å²) in [6, 6.07) is 8.66. The first-order valence-corrected chi connectivity index (χ1v) is 7.94. The monoisotopic (exact) mass is 289 g/mol. The van der Waals surface area contributed by atoms with Gasteiger partial charge in [0.1, 0.15) is 0 Å². The molecule has 1 aliphatic rings. The van der Waals surface area contributed by atoms with Gasteiger partial charge in [0, 0.05) is 31.4 Å². The molecule has 1 atom stereocenters. The predicted molar refractivity (Wildman–Crippen MR) is 87.5 cm³/mol. The largest absolute Gasteiger partial charge is 0.372 e. The predicted octanol–water partition coefficient (Wildman–Crippen LogP) is 2.29. The Bertz CT molecular complexity index is 450. The average Bonchev–Trinajstić information content (AvgIpc) is 2.98. The van der Waals surface area contributed by atoms with Crippen LogP contribution in [0.1, 0.15) is 39.2 Å². The molecule has 0 spiro atoms. The maximum absolute atomic E-state index is 11.8. The van der Waals surface area contributed by atoms with Crippen molar-refractivity contribution in [2.75, 3.05) is 18.0 Å². The molecule has 1 saturated heterocycles. The first-order chi connectivity index (χ1) is 10.1. The Morgan fingerprint density at radius 3 is 2.33 bits per heavy atom. The molecule has 2 N–H and O–H groups in total. The number of amides is 1. The lowest BCUT2D eigenvalue weighted by molar-refractivity contribution is -0.123. The zero-order chi connectivity index (χ0) is 15.2. The number of hydrogen-bond acceptors (Lipinski definition) is 3. The number of carbonyl (C=O) groups is 1. The summed E-state index contributed by atoms with van der Waals surface area (Å²) in [7, 11) is 0. The number of rotatable bonds is 6. The summed E-state index contributed by atoms with van der Waals surface area (Å²) in [5.74, 6) is 0.0543. The van der Waals surface area contributed by atoms with Gasteiger partial charge in [-0.3, -0.25) is 4.79 Å². The number of carbonyl (C=O) groups excluding carboxylic acids is 1. The van der Waals surface area contributed by atoms with E-state index < -0.39 is 0 Å². The molecule has 1 aromatic rings. The molecule has 1 aliphatic heterocycles. The Balaban J connectivity index is 1.81. The van der Waals surface area contributed by atoms with Crippen LogP contribution in [0.4, 0.5) is 5.69 Å². The molecule has 0 radical (unpaired) electrons. The Labute approximate surface area is 127 Å². The fraction of sp³-hybridized carbons (Fsp3) is 0.588. The van der Waals surface area contributed by atoms with Crippen LogP contribution in [-0.4, -0.2) is 31.1 Å². The summed E-state index contributed by atoms with van der Waals surface area (Å²) in [5, 5.41) is 6.18. The molecular formula is C17H27N3O. The average molecular weight is 289 g/mol. The van der Waals surface area contributed by atoms with Gasteiger partial charge in [0.25, 0.3) is 0 Å². The molecule has 4 heteroatoms. The highest BCUT2D eigenvalue weighted by atomic mass is 16.2. The molecule has 0 saturated carbocycles. The minimum atomic E-state index is -0.175. The summed E-state index contributed by atoms with van der Waals surface area (Å²) in [6.07, 6.45) is 2.59. The van der Waals surface area contributed by atoms with Crippen molar-refractivity contribution in [2.45, 2.75) is 52.2 Å². The second-order valence-electron chi connectivity index (χ2n) is 6.13. The van der Waals surface area contributed by atoms with Crippen LogP contribution < -0.4 is 15.5 Å². The van der Waals surface area contributed by atoms with Gasteiger partial charge in [0.2, 0.25) is 5.91 Å². The van der Waals surface area contributed by atoms with Crippen molar-refractivity contribution in [3.05, 3.63) is 29.8 Å². The fourth-order valence-electron chi connectivity index (χ4n) is 2.57. The van der Waals surface area contributed by atoms with E-state index in [2.05, 4.69) is 39.8 Å². The lowest BCUT2D eigenvalue weighted by Gasteiger charge is -2.18. The zero-order valence-corrected chi connectivity index (χ0v) is 13.4. The van der Waals surface area contributed by atoms with Crippen molar-refractivity contribution < 1.29 is 4.79 Å². The van der Waals surface area contributed by atoms with Crippen LogP contribution >= 0.6 is 0 Å². The van der Waals surface area contributed by atoms with E-state index >= 15 is 0 Å². The molecule has 1 unspecified atom stereocenters. The van der Waals surface area contributed by atoms with Crippen LogP contribution in [-0.2, 0) is 11.3 Å². The van der Waals surface area contributed by atoms with Crippen molar-refractivity contribution in [3.63, 3.8) is 0 Å². The van der Waals surface area contributed by atoms with Crippen molar-refractivity contribution in [3.8, 4) is 0 Å². The van der Waals surface area contributed by atoms with Gasteiger partial charge < -0.3 is 15.5 Å². The number of hydrogen-bond donors (Lipinski definition) is 2. The third-order valence-electron chi connectivity index (χ3n) is 3.84. The molecular weight excluding hydrogens is 262 g/mol. The molecule has 1 heterocycles. The first-order valence-electron chi connectivity index (χ1n) is 7.94.